The van der Waals surface area contributed by atoms with Crippen LogP contribution in [0.5, 0.6) is 5.75 Å². The van der Waals surface area contributed by atoms with E-state index in [0.717, 1.165) is 32.1 Å². The van der Waals surface area contributed by atoms with Crippen molar-refractivity contribution in [2.45, 2.75) is 45.1 Å². The third-order valence-corrected chi connectivity index (χ3v) is 5.57. The summed E-state index contributed by atoms with van der Waals surface area (Å²) in [6, 6.07) is 6.70. The van der Waals surface area contributed by atoms with Crippen molar-refractivity contribution in [3.05, 3.63) is 24.3 Å². The molecule has 1 aromatic carbocycles. The molecule has 3 rings (SSSR count). The zero-order valence-corrected chi connectivity index (χ0v) is 15.9. The van der Waals surface area contributed by atoms with Crippen molar-refractivity contribution in [1.29, 1.82) is 0 Å². The number of amides is 3. The van der Waals surface area contributed by atoms with Gasteiger partial charge in [-0.3, -0.25) is 19.3 Å². The Kier molecular flexibility index (Phi) is 5.68. The third-order valence-electron chi connectivity index (χ3n) is 5.57. The average molecular weight is 373 g/mol. The third kappa shape index (κ3) is 3.63. The van der Waals surface area contributed by atoms with Crippen LogP contribution >= 0.6 is 0 Å². The number of nitrogens with zero attached hydrogens (tertiary/aromatic N) is 1. The molecule has 0 radical (unpaired) electrons. The van der Waals surface area contributed by atoms with Crippen LogP contribution in [0, 0.1) is 5.41 Å². The molecule has 2 aliphatic rings. The number of carbonyl (C=O) groups excluding carboxylic acids is 3. The van der Waals surface area contributed by atoms with E-state index in [1.165, 1.54) is 6.92 Å². The van der Waals surface area contributed by atoms with Crippen molar-refractivity contribution in [1.82, 2.24) is 10.6 Å². The molecule has 0 aromatic heterocycles. The van der Waals surface area contributed by atoms with E-state index >= 15 is 0 Å². The number of nitrogens with one attached hydrogen (secondary N) is 2. The topological polar surface area (TPSA) is 87.7 Å². The minimum absolute atomic E-state index is 0.0365. The molecule has 0 bridgehead atoms. The minimum atomic E-state index is -0.587. The van der Waals surface area contributed by atoms with Crippen LogP contribution in [0.3, 0.4) is 0 Å². The number of ether oxygens (including phenoxy) is 1. The molecule has 27 heavy (non-hydrogen) atoms. The Balaban J connectivity index is 1.78. The van der Waals surface area contributed by atoms with E-state index in [1.54, 1.807) is 24.1 Å². The zero-order valence-electron chi connectivity index (χ0n) is 15.9. The van der Waals surface area contributed by atoms with Crippen LogP contribution in [0.4, 0.5) is 5.69 Å². The second-order valence-electron chi connectivity index (χ2n) is 7.27. The Morgan fingerprint density at radius 2 is 1.74 bits per heavy atom. The highest BCUT2D eigenvalue weighted by molar-refractivity contribution is 6.14. The first-order valence-corrected chi connectivity index (χ1v) is 9.49. The van der Waals surface area contributed by atoms with Crippen molar-refractivity contribution in [2.75, 3.05) is 25.1 Å². The summed E-state index contributed by atoms with van der Waals surface area (Å²) >= 11 is 0. The van der Waals surface area contributed by atoms with Gasteiger partial charge in [0.25, 0.3) is 0 Å². The summed E-state index contributed by atoms with van der Waals surface area (Å²) in [6.07, 6.45) is 4.55. The Morgan fingerprint density at radius 3 is 2.33 bits per heavy atom. The first-order chi connectivity index (χ1) is 13.0. The van der Waals surface area contributed by atoms with Crippen LogP contribution in [-0.4, -0.2) is 44.0 Å². The summed E-state index contributed by atoms with van der Waals surface area (Å²) < 4.78 is 5.18. The van der Waals surface area contributed by atoms with E-state index in [4.69, 9.17) is 4.74 Å². The van der Waals surface area contributed by atoms with Gasteiger partial charge < -0.3 is 15.4 Å². The van der Waals surface area contributed by atoms with E-state index < -0.39 is 11.5 Å². The van der Waals surface area contributed by atoms with Crippen molar-refractivity contribution < 1.29 is 19.1 Å². The number of benzene rings is 1. The van der Waals surface area contributed by atoms with Gasteiger partial charge >= 0.3 is 0 Å². The van der Waals surface area contributed by atoms with Gasteiger partial charge in [0, 0.05) is 25.7 Å². The van der Waals surface area contributed by atoms with Gasteiger partial charge in [0.05, 0.1) is 12.5 Å². The van der Waals surface area contributed by atoms with E-state index in [9.17, 15) is 14.4 Å². The molecule has 146 valence electrons. The predicted octanol–water partition coefficient (Wildman–Crippen LogP) is 1.61. The fraction of sp³-hybridized carbons (Fsp3) is 0.550. The molecule has 2 fully saturated rings. The summed E-state index contributed by atoms with van der Waals surface area (Å²) in [5.41, 5.74) is 0.120. The normalized spacial score (nSPS) is 20.7. The number of hydrogen-bond donors (Lipinski definition) is 2. The molecule has 7 nitrogen and oxygen atoms in total. The Labute approximate surface area is 159 Å². The Morgan fingerprint density at radius 1 is 1.11 bits per heavy atom. The Bertz CT molecular complexity index is 710. The molecule has 1 spiro atoms. The lowest BCUT2D eigenvalue weighted by atomic mass is 9.61. The maximum absolute atomic E-state index is 13.1. The highest BCUT2D eigenvalue weighted by atomic mass is 16.5. The minimum Gasteiger partial charge on any atom is -0.497 e. The largest absolute Gasteiger partial charge is 0.497 e. The van der Waals surface area contributed by atoms with Crippen molar-refractivity contribution in [3.63, 3.8) is 0 Å². The number of hydrogen-bond acceptors (Lipinski definition) is 4. The van der Waals surface area contributed by atoms with Crippen molar-refractivity contribution >= 4 is 23.4 Å². The van der Waals surface area contributed by atoms with Gasteiger partial charge in [0.1, 0.15) is 11.8 Å². The van der Waals surface area contributed by atoms with Crippen LogP contribution in [-0.2, 0) is 14.4 Å². The second-order valence-corrected chi connectivity index (χ2v) is 7.27. The van der Waals surface area contributed by atoms with E-state index in [1.807, 2.05) is 12.1 Å². The SMILES string of the molecule is COc1ccc(N2C(=O)C3(CCCCC3)C2C(=O)NCCNC(C)=O)cc1. The predicted molar refractivity (Wildman–Crippen MR) is 101 cm³/mol. The zero-order chi connectivity index (χ0) is 19.4. The summed E-state index contributed by atoms with van der Waals surface area (Å²) in [5, 5.41) is 5.55. The van der Waals surface area contributed by atoms with Crippen molar-refractivity contribution in [2.24, 2.45) is 5.41 Å². The van der Waals surface area contributed by atoms with Crippen LogP contribution in [0.25, 0.3) is 0 Å². The fourth-order valence-electron chi connectivity index (χ4n) is 4.22. The van der Waals surface area contributed by atoms with E-state index in [-0.39, 0.29) is 17.7 Å². The van der Waals surface area contributed by atoms with E-state index in [2.05, 4.69) is 10.6 Å². The Hall–Kier alpha value is -2.57. The smallest absolute Gasteiger partial charge is 0.244 e. The molecule has 1 aromatic rings. The number of β-lactam (4-membered cyclic amide) rings is 1. The van der Waals surface area contributed by atoms with Gasteiger partial charge in [-0.25, -0.2) is 0 Å². The molecule has 1 saturated heterocycles. The standard InChI is InChI=1S/C20H27N3O4/c1-14(24)21-12-13-22-18(25)17-20(10-4-3-5-11-20)19(26)23(17)15-6-8-16(27-2)9-7-15/h6-9,17H,3-5,10-13H2,1-2H3,(H,21,24)(H,22,25). The lowest BCUT2D eigenvalue weighted by molar-refractivity contribution is -0.150. The molecule has 3 amide bonds. The van der Waals surface area contributed by atoms with Crippen molar-refractivity contribution in [3.8, 4) is 5.75 Å². The van der Waals surface area contributed by atoms with Gasteiger partial charge in [0.2, 0.25) is 17.7 Å². The summed E-state index contributed by atoms with van der Waals surface area (Å²) in [4.78, 5) is 38.6. The van der Waals surface area contributed by atoms with Crippen LogP contribution in [0.15, 0.2) is 24.3 Å². The molecule has 1 aliphatic heterocycles. The van der Waals surface area contributed by atoms with Gasteiger partial charge in [-0.15, -0.1) is 0 Å². The monoisotopic (exact) mass is 373 g/mol. The van der Waals surface area contributed by atoms with Crippen LogP contribution < -0.4 is 20.3 Å². The second kappa shape index (κ2) is 7.98. The van der Waals surface area contributed by atoms with Crippen LogP contribution in [0.2, 0.25) is 0 Å². The maximum Gasteiger partial charge on any atom is 0.244 e. The van der Waals surface area contributed by atoms with Gasteiger partial charge in [-0.2, -0.15) is 0 Å². The maximum atomic E-state index is 13.1. The molecular formula is C20H27N3O4. The molecule has 2 N–H and O–H groups in total. The first kappa shape index (κ1) is 19.2. The lowest BCUT2D eigenvalue weighted by Gasteiger charge is -2.56. The quantitative estimate of drug-likeness (QED) is 0.586. The van der Waals surface area contributed by atoms with Gasteiger partial charge in [-0.05, 0) is 37.1 Å². The highest BCUT2D eigenvalue weighted by Crippen LogP contribution is 2.51. The van der Waals surface area contributed by atoms with Gasteiger partial charge in [0.15, 0.2) is 0 Å². The molecule has 7 heteroatoms. The molecule has 1 heterocycles. The first-order valence-electron chi connectivity index (χ1n) is 9.49. The highest BCUT2D eigenvalue weighted by Gasteiger charge is 2.63. The molecule has 1 saturated carbocycles. The number of methoxy groups -OCH3 is 1. The molecular weight excluding hydrogens is 346 g/mol. The summed E-state index contributed by atoms with van der Waals surface area (Å²) in [7, 11) is 1.59. The van der Waals surface area contributed by atoms with Crippen LogP contribution in [0.1, 0.15) is 39.0 Å². The summed E-state index contributed by atoms with van der Waals surface area (Å²) in [6.45, 7) is 2.15. The average Bonchev–Trinajstić information content (AvgIpc) is 2.69. The molecule has 1 unspecified atom stereocenters. The van der Waals surface area contributed by atoms with E-state index in [0.29, 0.717) is 24.5 Å². The number of carbonyl (C=O) groups is 3. The van der Waals surface area contributed by atoms with Gasteiger partial charge in [-0.1, -0.05) is 19.3 Å². The number of anilines is 1. The lowest BCUT2D eigenvalue weighted by Crippen LogP contribution is -2.74. The molecule has 1 aliphatic carbocycles. The molecule has 1 atom stereocenters. The fourth-order valence-corrected chi connectivity index (χ4v) is 4.22. The number of rotatable bonds is 6. The summed E-state index contributed by atoms with van der Waals surface area (Å²) in [5.74, 6) is 0.453.